The van der Waals surface area contributed by atoms with Gasteiger partial charge in [0.1, 0.15) is 5.75 Å². The molecule has 3 nitrogen and oxygen atoms in total. The van der Waals surface area contributed by atoms with E-state index in [1.54, 1.807) is 0 Å². The maximum absolute atomic E-state index is 12.1. The molecule has 0 spiro atoms. The minimum Gasteiger partial charge on any atom is -0.493 e. The largest absolute Gasteiger partial charge is 0.493 e. The SMILES string of the molecule is CC(C(=O)O)(c1ccccc1)C1CCOc2ccccc21. The van der Waals surface area contributed by atoms with Crippen LogP contribution in [-0.4, -0.2) is 17.7 Å². The summed E-state index contributed by atoms with van der Waals surface area (Å²) in [6.45, 7) is 2.37. The molecule has 0 fully saturated rings. The van der Waals surface area contributed by atoms with Gasteiger partial charge in [0.25, 0.3) is 0 Å². The number of aliphatic carboxylic acids is 1. The van der Waals surface area contributed by atoms with Crippen LogP contribution in [0.3, 0.4) is 0 Å². The molecule has 2 unspecified atom stereocenters. The lowest BCUT2D eigenvalue weighted by molar-refractivity contribution is -0.144. The molecule has 2 atom stereocenters. The van der Waals surface area contributed by atoms with Gasteiger partial charge in [-0.05, 0) is 30.5 Å². The Labute approximate surface area is 124 Å². The van der Waals surface area contributed by atoms with Gasteiger partial charge in [0.05, 0.1) is 12.0 Å². The second kappa shape index (κ2) is 5.24. The predicted octanol–water partition coefficient (Wildman–Crippen LogP) is 3.60. The van der Waals surface area contributed by atoms with Crippen LogP contribution < -0.4 is 4.74 Å². The van der Waals surface area contributed by atoms with E-state index < -0.39 is 11.4 Å². The van der Waals surface area contributed by atoms with Crippen molar-refractivity contribution in [3.8, 4) is 5.75 Å². The highest BCUT2D eigenvalue weighted by Crippen LogP contribution is 2.46. The van der Waals surface area contributed by atoms with Gasteiger partial charge < -0.3 is 9.84 Å². The summed E-state index contributed by atoms with van der Waals surface area (Å²) < 4.78 is 5.67. The average molecular weight is 282 g/mol. The number of carboxylic acids is 1. The Morgan fingerprint density at radius 3 is 2.52 bits per heavy atom. The zero-order valence-electron chi connectivity index (χ0n) is 12.0. The van der Waals surface area contributed by atoms with Crippen LogP contribution >= 0.6 is 0 Å². The lowest BCUT2D eigenvalue weighted by Crippen LogP contribution is -2.41. The fourth-order valence-corrected chi connectivity index (χ4v) is 3.20. The van der Waals surface area contributed by atoms with Crippen molar-refractivity contribution in [2.45, 2.75) is 24.7 Å². The maximum atomic E-state index is 12.1. The van der Waals surface area contributed by atoms with Gasteiger partial charge in [-0.2, -0.15) is 0 Å². The summed E-state index contributed by atoms with van der Waals surface area (Å²) in [4.78, 5) is 12.1. The third kappa shape index (κ3) is 2.19. The van der Waals surface area contributed by atoms with Crippen LogP contribution in [0.15, 0.2) is 54.6 Å². The van der Waals surface area contributed by atoms with E-state index in [0.29, 0.717) is 13.0 Å². The molecule has 0 amide bonds. The van der Waals surface area contributed by atoms with E-state index in [2.05, 4.69) is 0 Å². The van der Waals surface area contributed by atoms with E-state index in [0.717, 1.165) is 16.9 Å². The van der Waals surface area contributed by atoms with Crippen LogP contribution in [-0.2, 0) is 10.2 Å². The van der Waals surface area contributed by atoms with Gasteiger partial charge in [-0.25, -0.2) is 0 Å². The summed E-state index contributed by atoms with van der Waals surface area (Å²) in [5, 5.41) is 9.92. The van der Waals surface area contributed by atoms with E-state index in [-0.39, 0.29) is 5.92 Å². The molecule has 0 saturated heterocycles. The minimum absolute atomic E-state index is 0.0950. The van der Waals surface area contributed by atoms with Crippen LogP contribution in [0, 0.1) is 0 Å². The van der Waals surface area contributed by atoms with Crippen LogP contribution in [0.5, 0.6) is 5.75 Å². The zero-order valence-corrected chi connectivity index (χ0v) is 12.0. The smallest absolute Gasteiger partial charge is 0.314 e. The summed E-state index contributed by atoms with van der Waals surface area (Å²) >= 11 is 0. The molecule has 2 aromatic rings. The molecule has 1 N–H and O–H groups in total. The van der Waals surface area contributed by atoms with Gasteiger partial charge in [-0.1, -0.05) is 48.5 Å². The summed E-state index contributed by atoms with van der Waals surface area (Å²) in [6.07, 6.45) is 0.703. The van der Waals surface area contributed by atoms with Crippen LogP contribution in [0.25, 0.3) is 0 Å². The van der Waals surface area contributed by atoms with Crippen molar-refractivity contribution in [3.63, 3.8) is 0 Å². The van der Waals surface area contributed by atoms with Crippen molar-refractivity contribution in [2.24, 2.45) is 0 Å². The zero-order chi connectivity index (χ0) is 14.9. The second-order valence-electron chi connectivity index (χ2n) is 5.60. The van der Waals surface area contributed by atoms with Crippen molar-refractivity contribution in [1.29, 1.82) is 0 Å². The molecular formula is C18H18O3. The Bertz CT molecular complexity index is 651. The molecule has 3 heteroatoms. The summed E-state index contributed by atoms with van der Waals surface area (Å²) in [5.74, 6) is -0.0880. The molecule has 21 heavy (non-hydrogen) atoms. The molecule has 2 aromatic carbocycles. The Morgan fingerprint density at radius 1 is 1.14 bits per heavy atom. The number of hydrogen-bond acceptors (Lipinski definition) is 2. The Kier molecular flexibility index (Phi) is 3.42. The first kappa shape index (κ1) is 13.7. The highest BCUT2D eigenvalue weighted by atomic mass is 16.5. The standard InChI is InChI=1S/C18H18O3/c1-18(17(19)20,13-7-3-2-4-8-13)15-11-12-21-16-10-6-5-9-14(15)16/h2-10,15H,11-12H2,1H3,(H,19,20). The van der Waals surface area contributed by atoms with Crippen molar-refractivity contribution in [3.05, 3.63) is 65.7 Å². The first-order chi connectivity index (χ1) is 10.1. The van der Waals surface area contributed by atoms with Gasteiger partial charge in [0, 0.05) is 5.92 Å². The van der Waals surface area contributed by atoms with E-state index >= 15 is 0 Å². The molecule has 0 aliphatic carbocycles. The van der Waals surface area contributed by atoms with Crippen molar-refractivity contribution in [2.75, 3.05) is 6.61 Å². The summed E-state index contributed by atoms with van der Waals surface area (Å²) in [5.41, 5.74) is 0.859. The van der Waals surface area contributed by atoms with Crippen LogP contribution in [0.2, 0.25) is 0 Å². The first-order valence-corrected chi connectivity index (χ1v) is 7.14. The molecule has 0 radical (unpaired) electrons. The highest BCUT2D eigenvalue weighted by Gasteiger charge is 2.45. The highest BCUT2D eigenvalue weighted by molar-refractivity contribution is 5.82. The fourth-order valence-electron chi connectivity index (χ4n) is 3.20. The predicted molar refractivity (Wildman–Crippen MR) is 80.7 cm³/mol. The number of ether oxygens (including phenoxy) is 1. The number of para-hydroxylation sites is 1. The molecular weight excluding hydrogens is 264 g/mol. The third-order valence-corrected chi connectivity index (χ3v) is 4.47. The number of hydrogen-bond donors (Lipinski definition) is 1. The Hall–Kier alpha value is -2.29. The van der Waals surface area contributed by atoms with E-state index in [1.807, 2.05) is 61.5 Å². The number of benzene rings is 2. The first-order valence-electron chi connectivity index (χ1n) is 7.14. The third-order valence-electron chi connectivity index (χ3n) is 4.47. The van der Waals surface area contributed by atoms with E-state index in [9.17, 15) is 9.90 Å². The topological polar surface area (TPSA) is 46.5 Å². The summed E-state index contributed by atoms with van der Waals surface area (Å²) in [7, 11) is 0. The van der Waals surface area contributed by atoms with Crippen molar-refractivity contribution >= 4 is 5.97 Å². The second-order valence-corrected chi connectivity index (χ2v) is 5.60. The van der Waals surface area contributed by atoms with Crippen molar-refractivity contribution in [1.82, 2.24) is 0 Å². The minimum atomic E-state index is -0.957. The van der Waals surface area contributed by atoms with Crippen molar-refractivity contribution < 1.29 is 14.6 Å². The quantitative estimate of drug-likeness (QED) is 0.935. The molecule has 1 heterocycles. The maximum Gasteiger partial charge on any atom is 0.314 e. The normalized spacial score (nSPS) is 20.0. The number of fused-ring (bicyclic) bond motifs is 1. The summed E-state index contributed by atoms with van der Waals surface area (Å²) in [6, 6.07) is 17.2. The Morgan fingerprint density at radius 2 is 1.81 bits per heavy atom. The lowest BCUT2D eigenvalue weighted by Gasteiger charge is -2.38. The average Bonchev–Trinajstić information content (AvgIpc) is 2.54. The van der Waals surface area contributed by atoms with Gasteiger partial charge in [-0.15, -0.1) is 0 Å². The van der Waals surface area contributed by atoms with E-state index in [1.165, 1.54) is 0 Å². The molecule has 1 aliphatic rings. The van der Waals surface area contributed by atoms with Gasteiger partial charge >= 0.3 is 5.97 Å². The Balaban J connectivity index is 2.14. The molecule has 1 aliphatic heterocycles. The fraction of sp³-hybridized carbons (Fsp3) is 0.278. The van der Waals surface area contributed by atoms with Crippen LogP contribution in [0.1, 0.15) is 30.4 Å². The molecule has 0 aromatic heterocycles. The molecule has 0 saturated carbocycles. The molecule has 108 valence electrons. The number of rotatable bonds is 3. The van der Waals surface area contributed by atoms with Gasteiger partial charge in [0.2, 0.25) is 0 Å². The van der Waals surface area contributed by atoms with Gasteiger partial charge in [-0.3, -0.25) is 4.79 Å². The molecule has 3 rings (SSSR count). The van der Waals surface area contributed by atoms with Gasteiger partial charge in [0.15, 0.2) is 0 Å². The monoisotopic (exact) mass is 282 g/mol. The van der Waals surface area contributed by atoms with Crippen LogP contribution in [0.4, 0.5) is 0 Å². The number of carbonyl (C=O) groups is 1. The molecule has 0 bridgehead atoms. The number of carboxylic acid groups (broad SMARTS) is 1. The van der Waals surface area contributed by atoms with E-state index in [4.69, 9.17) is 4.74 Å². The lowest BCUT2D eigenvalue weighted by atomic mass is 9.67.